The first-order valence-electron chi connectivity index (χ1n) is 9.18. The predicted octanol–water partition coefficient (Wildman–Crippen LogP) is 2.95. The number of carbonyl (C=O) groups excluding carboxylic acids is 2. The average Bonchev–Trinajstić information content (AvgIpc) is 3.21. The molecule has 1 aromatic heterocycles. The van der Waals surface area contributed by atoms with Crippen molar-refractivity contribution in [1.29, 1.82) is 0 Å². The van der Waals surface area contributed by atoms with Gasteiger partial charge in [0.25, 0.3) is 5.91 Å². The lowest BCUT2D eigenvalue weighted by atomic mass is 10.3. The van der Waals surface area contributed by atoms with Crippen molar-refractivity contribution in [2.75, 3.05) is 51.9 Å². The third kappa shape index (κ3) is 6.14. The molecule has 3 amide bonds. The molecule has 1 aromatic carbocycles. The smallest absolute Gasteiger partial charge is 0.322 e. The fourth-order valence-corrected chi connectivity index (χ4v) is 3.67. The number of hydrogen-bond acceptors (Lipinski definition) is 6. The first kappa shape index (κ1) is 21.5. The number of carbonyl (C=O) groups is 2. The molecule has 8 nitrogen and oxygen atoms in total. The summed E-state index contributed by atoms with van der Waals surface area (Å²) in [5.74, 6) is -0.107. The second-order valence-electron chi connectivity index (χ2n) is 6.38. The van der Waals surface area contributed by atoms with Gasteiger partial charge >= 0.3 is 6.03 Å². The number of nitrogens with zero attached hydrogens (tertiary/aromatic N) is 3. The van der Waals surface area contributed by atoms with Crippen molar-refractivity contribution in [3.8, 4) is 0 Å². The second-order valence-corrected chi connectivity index (χ2v) is 7.76. The van der Waals surface area contributed by atoms with Crippen LogP contribution in [0.4, 0.5) is 10.5 Å². The number of morpholine rings is 1. The quantitative estimate of drug-likeness (QED) is 0.718. The van der Waals surface area contributed by atoms with Crippen molar-refractivity contribution >= 4 is 40.6 Å². The lowest BCUT2D eigenvalue weighted by molar-refractivity contribution is 0.0299. The van der Waals surface area contributed by atoms with Crippen LogP contribution in [0.25, 0.3) is 0 Å². The van der Waals surface area contributed by atoms with E-state index in [4.69, 9.17) is 21.1 Å². The van der Waals surface area contributed by atoms with Crippen LogP contribution in [-0.4, -0.2) is 73.3 Å². The number of rotatable bonds is 7. The van der Waals surface area contributed by atoms with Gasteiger partial charge in [-0.3, -0.25) is 4.79 Å². The first-order valence-corrected chi connectivity index (χ1v) is 10.4. The van der Waals surface area contributed by atoms with E-state index in [1.165, 1.54) is 11.3 Å². The summed E-state index contributed by atoms with van der Waals surface area (Å²) in [7, 11) is 1.58. The molecule has 0 atom stereocenters. The van der Waals surface area contributed by atoms with Crippen LogP contribution < -0.4 is 5.32 Å². The maximum atomic E-state index is 12.7. The summed E-state index contributed by atoms with van der Waals surface area (Å²) in [6.07, 6.45) is 0. The van der Waals surface area contributed by atoms with Gasteiger partial charge in [0, 0.05) is 42.8 Å². The van der Waals surface area contributed by atoms with Gasteiger partial charge in [0.15, 0.2) is 0 Å². The predicted molar refractivity (Wildman–Crippen MR) is 112 cm³/mol. The van der Waals surface area contributed by atoms with E-state index in [1.54, 1.807) is 46.6 Å². The summed E-state index contributed by atoms with van der Waals surface area (Å²) in [5.41, 5.74) is 1.04. The lowest BCUT2D eigenvalue weighted by Gasteiger charge is -2.26. The van der Waals surface area contributed by atoms with Gasteiger partial charge in [0.1, 0.15) is 10.7 Å². The summed E-state index contributed by atoms with van der Waals surface area (Å²) in [6, 6.07) is 6.61. The number of benzene rings is 1. The van der Waals surface area contributed by atoms with Gasteiger partial charge in [0.05, 0.1) is 26.4 Å². The molecule has 0 bridgehead atoms. The van der Waals surface area contributed by atoms with Gasteiger partial charge in [-0.25, -0.2) is 9.78 Å². The minimum atomic E-state index is -0.277. The molecular formula is C19H23ClN4O4S. The number of ether oxygens (including phenoxy) is 2. The summed E-state index contributed by atoms with van der Waals surface area (Å²) < 4.78 is 10.4. The Hall–Kier alpha value is -2.20. The Bertz CT molecular complexity index is 824. The van der Waals surface area contributed by atoms with Gasteiger partial charge in [-0.1, -0.05) is 11.6 Å². The van der Waals surface area contributed by atoms with E-state index >= 15 is 0 Å². The van der Waals surface area contributed by atoms with E-state index in [0.29, 0.717) is 60.9 Å². The number of thiazole rings is 1. The molecule has 3 rings (SSSR count). The average molecular weight is 439 g/mol. The molecule has 1 fully saturated rings. The van der Waals surface area contributed by atoms with Crippen molar-refractivity contribution in [1.82, 2.24) is 14.8 Å². The van der Waals surface area contributed by atoms with Gasteiger partial charge in [-0.2, -0.15) is 0 Å². The van der Waals surface area contributed by atoms with Crippen LogP contribution in [0, 0.1) is 0 Å². The topological polar surface area (TPSA) is 84.0 Å². The number of nitrogens with one attached hydrogen (secondary N) is 1. The van der Waals surface area contributed by atoms with Crippen LogP contribution in [0.15, 0.2) is 29.6 Å². The SMILES string of the molecule is COCCN(Cc1nc(C(=O)N2CCOCC2)cs1)C(=O)Nc1ccc(Cl)cc1. The fourth-order valence-electron chi connectivity index (χ4n) is 2.76. The maximum absolute atomic E-state index is 12.7. The molecule has 1 N–H and O–H groups in total. The standard InChI is InChI=1S/C19H23ClN4O4S/c1-27-9-6-24(19(26)21-15-4-2-14(20)3-5-15)12-17-22-16(13-29-17)18(25)23-7-10-28-11-8-23/h2-5,13H,6-12H2,1H3,(H,21,26). The zero-order valence-electron chi connectivity index (χ0n) is 16.1. The van der Waals surface area contributed by atoms with E-state index in [9.17, 15) is 9.59 Å². The highest BCUT2D eigenvalue weighted by atomic mass is 35.5. The van der Waals surface area contributed by atoms with E-state index in [1.807, 2.05) is 0 Å². The molecule has 10 heteroatoms. The number of methoxy groups -OCH3 is 1. The molecule has 1 aliphatic heterocycles. The van der Waals surface area contributed by atoms with Crippen LogP contribution in [0.2, 0.25) is 5.02 Å². The van der Waals surface area contributed by atoms with Gasteiger partial charge in [0.2, 0.25) is 0 Å². The number of aromatic nitrogens is 1. The molecule has 1 aliphatic rings. The van der Waals surface area contributed by atoms with Crippen molar-refractivity contribution in [3.05, 3.63) is 45.4 Å². The monoisotopic (exact) mass is 438 g/mol. The third-order valence-corrected chi connectivity index (χ3v) is 5.43. The van der Waals surface area contributed by atoms with Crippen LogP contribution >= 0.6 is 22.9 Å². The summed E-state index contributed by atoms with van der Waals surface area (Å²) in [6.45, 7) is 3.27. The second kappa shape index (κ2) is 10.5. The number of halogens is 1. The van der Waals surface area contributed by atoms with Crippen molar-refractivity contribution in [2.45, 2.75) is 6.54 Å². The van der Waals surface area contributed by atoms with E-state index in [-0.39, 0.29) is 18.5 Å². The Morgan fingerprint density at radius 2 is 2.03 bits per heavy atom. The third-order valence-electron chi connectivity index (χ3n) is 4.34. The lowest BCUT2D eigenvalue weighted by Crippen LogP contribution is -2.40. The molecule has 0 aliphatic carbocycles. The fraction of sp³-hybridized carbons (Fsp3) is 0.421. The number of hydrogen-bond donors (Lipinski definition) is 1. The molecule has 0 radical (unpaired) electrons. The largest absolute Gasteiger partial charge is 0.383 e. The number of amides is 3. The van der Waals surface area contributed by atoms with Crippen molar-refractivity contribution in [3.63, 3.8) is 0 Å². The molecule has 0 saturated carbocycles. The van der Waals surface area contributed by atoms with Gasteiger partial charge in [-0.05, 0) is 24.3 Å². The Morgan fingerprint density at radius 3 is 2.72 bits per heavy atom. The highest BCUT2D eigenvalue weighted by molar-refractivity contribution is 7.09. The Kier molecular flexibility index (Phi) is 7.82. The van der Waals surface area contributed by atoms with Crippen molar-refractivity contribution in [2.24, 2.45) is 0 Å². The maximum Gasteiger partial charge on any atom is 0.322 e. The first-order chi connectivity index (χ1) is 14.1. The molecule has 156 valence electrons. The van der Waals surface area contributed by atoms with Crippen LogP contribution in [0.3, 0.4) is 0 Å². The van der Waals surface area contributed by atoms with Crippen LogP contribution in [-0.2, 0) is 16.0 Å². The molecule has 0 spiro atoms. The van der Waals surface area contributed by atoms with Gasteiger partial charge in [-0.15, -0.1) is 11.3 Å². The molecule has 29 heavy (non-hydrogen) atoms. The van der Waals surface area contributed by atoms with E-state index in [0.717, 1.165) is 0 Å². The summed E-state index contributed by atoms with van der Waals surface area (Å²) in [4.78, 5) is 33.0. The normalized spacial score (nSPS) is 13.9. The zero-order chi connectivity index (χ0) is 20.6. The molecular weight excluding hydrogens is 416 g/mol. The number of anilines is 1. The zero-order valence-corrected chi connectivity index (χ0v) is 17.7. The van der Waals surface area contributed by atoms with E-state index in [2.05, 4.69) is 10.3 Å². The summed E-state index contributed by atoms with van der Waals surface area (Å²) >= 11 is 7.25. The van der Waals surface area contributed by atoms with Gasteiger partial charge < -0.3 is 24.6 Å². The van der Waals surface area contributed by atoms with E-state index < -0.39 is 0 Å². The Labute approximate surface area is 178 Å². The minimum absolute atomic E-state index is 0.107. The highest BCUT2D eigenvalue weighted by Gasteiger charge is 2.22. The molecule has 1 saturated heterocycles. The Morgan fingerprint density at radius 1 is 1.31 bits per heavy atom. The highest BCUT2D eigenvalue weighted by Crippen LogP contribution is 2.17. The van der Waals surface area contributed by atoms with Crippen LogP contribution in [0.1, 0.15) is 15.5 Å². The molecule has 0 unspecified atom stereocenters. The Balaban J connectivity index is 1.64. The minimum Gasteiger partial charge on any atom is -0.383 e. The van der Waals surface area contributed by atoms with Crippen LogP contribution in [0.5, 0.6) is 0 Å². The molecule has 2 heterocycles. The summed E-state index contributed by atoms with van der Waals surface area (Å²) in [5, 5.41) is 5.86. The number of urea groups is 1. The molecule has 2 aromatic rings. The van der Waals surface area contributed by atoms with Crippen molar-refractivity contribution < 1.29 is 19.1 Å².